The smallest absolute Gasteiger partial charge is 0.257 e. The van der Waals surface area contributed by atoms with E-state index >= 15 is 0 Å². The summed E-state index contributed by atoms with van der Waals surface area (Å²) in [4.78, 5) is 20.2. The Balaban J connectivity index is 1.46. The second-order valence-corrected chi connectivity index (χ2v) is 7.75. The molecule has 140 valence electrons. The number of carbonyl (C=O) groups excluding carboxylic acids is 1. The van der Waals surface area contributed by atoms with Crippen molar-refractivity contribution in [3.63, 3.8) is 0 Å². The van der Waals surface area contributed by atoms with Gasteiger partial charge in [-0.3, -0.25) is 9.69 Å². The first kappa shape index (κ1) is 17.6. The summed E-state index contributed by atoms with van der Waals surface area (Å²) in [6, 6.07) is 4.61. The molecule has 0 saturated carbocycles. The van der Waals surface area contributed by atoms with E-state index in [1.165, 1.54) is 11.1 Å². The third-order valence-corrected chi connectivity index (χ3v) is 6.24. The molecular formula is C21H29N3O2. The highest BCUT2D eigenvalue weighted by molar-refractivity contribution is 6.06. The van der Waals surface area contributed by atoms with E-state index in [0.29, 0.717) is 11.6 Å². The van der Waals surface area contributed by atoms with Crippen molar-refractivity contribution in [2.75, 3.05) is 45.8 Å². The molecule has 2 aliphatic heterocycles. The van der Waals surface area contributed by atoms with Crippen molar-refractivity contribution in [3.8, 4) is 0 Å². The highest BCUT2D eigenvalue weighted by Crippen LogP contribution is 2.27. The molecule has 0 N–H and O–H groups in total. The summed E-state index contributed by atoms with van der Waals surface area (Å²) in [5.41, 5.74) is 3.90. The fourth-order valence-electron chi connectivity index (χ4n) is 4.29. The van der Waals surface area contributed by atoms with E-state index in [-0.39, 0.29) is 5.91 Å². The highest BCUT2D eigenvalue weighted by atomic mass is 16.3. The molecule has 5 nitrogen and oxygen atoms in total. The van der Waals surface area contributed by atoms with Crippen LogP contribution in [0.1, 0.15) is 34.8 Å². The van der Waals surface area contributed by atoms with Gasteiger partial charge in [0.25, 0.3) is 5.91 Å². The van der Waals surface area contributed by atoms with E-state index < -0.39 is 0 Å². The van der Waals surface area contributed by atoms with Crippen molar-refractivity contribution < 1.29 is 9.21 Å². The molecule has 5 heteroatoms. The van der Waals surface area contributed by atoms with Crippen LogP contribution in [0, 0.1) is 13.8 Å². The number of fused-ring (bicyclic) bond motifs is 1. The maximum atomic E-state index is 13.1. The van der Waals surface area contributed by atoms with Crippen molar-refractivity contribution in [1.29, 1.82) is 0 Å². The van der Waals surface area contributed by atoms with Gasteiger partial charge in [0, 0.05) is 50.7 Å². The summed E-state index contributed by atoms with van der Waals surface area (Å²) >= 11 is 0. The molecule has 2 fully saturated rings. The Morgan fingerprint density at radius 1 is 1.12 bits per heavy atom. The fraction of sp³-hybridized carbons (Fsp3) is 0.571. The van der Waals surface area contributed by atoms with Crippen LogP contribution < -0.4 is 0 Å². The van der Waals surface area contributed by atoms with Gasteiger partial charge in [0.05, 0.1) is 5.56 Å². The monoisotopic (exact) mass is 355 g/mol. The highest BCUT2D eigenvalue weighted by Gasteiger charge is 2.33. The average molecular weight is 355 g/mol. The Morgan fingerprint density at radius 2 is 1.85 bits per heavy atom. The maximum absolute atomic E-state index is 13.1. The summed E-state index contributed by atoms with van der Waals surface area (Å²) in [7, 11) is 0. The van der Waals surface area contributed by atoms with Gasteiger partial charge in [-0.15, -0.1) is 0 Å². The number of piperazine rings is 1. The third kappa shape index (κ3) is 3.14. The number of hydrogen-bond donors (Lipinski definition) is 0. The van der Waals surface area contributed by atoms with Crippen molar-refractivity contribution in [2.24, 2.45) is 0 Å². The van der Waals surface area contributed by atoms with Crippen LogP contribution in [0.25, 0.3) is 11.0 Å². The molecule has 26 heavy (non-hydrogen) atoms. The van der Waals surface area contributed by atoms with Gasteiger partial charge in [-0.05, 0) is 50.1 Å². The van der Waals surface area contributed by atoms with Gasteiger partial charge < -0.3 is 14.2 Å². The summed E-state index contributed by atoms with van der Waals surface area (Å²) < 4.78 is 5.67. The molecule has 0 aliphatic carbocycles. The van der Waals surface area contributed by atoms with Crippen molar-refractivity contribution in [1.82, 2.24) is 14.7 Å². The molecule has 0 spiro atoms. The van der Waals surface area contributed by atoms with Gasteiger partial charge in [0.1, 0.15) is 11.8 Å². The molecule has 4 rings (SSSR count). The lowest BCUT2D eigenvalue weighted by Gasteiger charge is -2.37. The lowest BCUT2D eigenvalue weighted by molar-refractivity contribution is 0.0746. The van der Waals surface area contributed by atoms with Gasteiger partial charge in [-0.1, -0.05) is 6.92 Å². The molecule has 0 radical (unpaired) electrons. The van der Waals surface area contributed by atoms with E-state index in [9.17, 15) is 4.79 Å². The summed E-state index contributed by atoms with van der Waals surface area (Å²) in [5, 5.41) is 0.943. The first-order valence-corrected chi connectivity index (χ1v) is 9.81. The SMILES string of the molecule is CCN1CCN(C2CCN(C(=O)c3coc4cc(C)c(C)cc34)C2)CC1. The normalized spacial score (nSPS) is 22.4. The standard InChI is InChI=1S/C21H29N3O2/c1-4-22-7-9-23(10-8-22)17-5-6-24(13-17)21(25)19-14-26-20-12-16(3)15(2)11-18(19)20/h11-12,14,17H,4-10,13H2,1-3H3. The zero-order valence-corrected chi connectivity index (χ0v) is 16.1. The molecule has 2 aliphatic rings. The molecule has 1 aromatic heterocycles. The minimum absolute atomic E-state index is 0.113. The van der Waals surface area contributed by atoms with Crippen LogP contribution in [-0.2, 0) is 0 Å². The Hall–Kier alpha value is -1.85. The number of hydrogen-bond acceptors (Lipinski definition) is 4. The lowest BCUT2D eigenvalue weighted by atomic mass is 10.0. The first-order chi connectivity index (χ1) is 12.6. The Bertz CT molecular complexity index is 805. The lowest BCUT2D eigenvalue weighted by Crippen LogP contribution is -2.51. The first-order valence-electron chi connectivity index (χ1n) is 9.81. The maximum Gasteiger partial charge on any atom is 0.257 e. The van der Waals surface area contributed by atoms with E-state index in [2.05, 4.69) is 36.6 Å². The summed E-state index contributed by atoms with van der Waals surface area (Å²) in [6.07, 6.45) is 2.71. The van der Waals surface area contributed by atoms with E-state index in [1.54, 1.807) is 6.26 Å². The number of benzene rings is 1. The van der Waals surface area contributed by atoms with E-state index in [4.69, 9.17) is 4.42 Å². The summed E-state index contributed by atoms with van der Waals surface area (Å²) in [6.45, 7) is 13.7. The molecule has 2 saturated heterocycles. The Kier molecular flexibility index (Phi) is 4.76. The second-order valence-electron chi connectivity index (χ2n) is 7.75. The number of aryl methyl sites for hydroxylation is 2. The van der Waals surface area contributed by atoms with Crippen molar-refractivity contribution >= 4 is 16.9 Å². The quantitative estimate of drug-likeness (QED) is 0.849. The zero-order chi connectivity index (χ0) is 18.3. The average Bonchev–Trinajstić information content (AvgIpc) is 3.29. The summed E-state index contributed by atoms with van der Waals surface area (Å²) in [5.74, 6) is 0.113. The van der Waals surface area contributed by atoms with Gasteiger partial charge >= 0.3 is 0 Å². The van der Waals surface area contributed by atoms with Crippen LogP contribution in [0.3, 0.4) is 0 Å². The minimum Gasteiger partial charge on any atom is -0.463 e. The minimum atomic E-state index is 0.113. The second kappa shape index (κ2) is 7.05. The van der Waals surface area contributed by atoms with Gasteiger partial charge in [-0.2, -0.15) is 0 Å². The number of likely N-dealkylation sites (N-methyl/N-ethyl adjacent to an activating group) is 1. The van der Waals surface area contributed by atoms with Crippen LogP contribution in [-0.4, -0.2) is 72.5 Å². The van der Waals surface area contributed by atoms with Crippen LogP contribution in [0.5, 0.6) is 0 Å². The van der Waals surface area contributed by atoms with Crippen LogP contribution >= 0.6 is 0 Å². The largest absolute Gasteiger partial charge is 0.463 e. The van der Waals surface area contributed by atoms with E-state index in [1.807, 2.05) is 11.0 Å². The number of likely N-dealkylation sites (tertiary alicyclic amines) is 1. The Morgan fingerprint density at radius 3 is 2.58 bits per heavy atom. The predicted octanol–water partition coefficient (Wildman–Crippen LogP) is 2.90. The molecule has 1 atom stereocenters. The number of furan rings is 1. The fourth-order valence-corrected chi connectivity index (χ4v) is 4.29. The van der Waals surface area contributed by atoms with Gasteiger partial charge in [0.15, 0.2) is 0 Å². The third-order valence-electron chi connectivity index (χ3n) is 6.24. The molecular weight excluding hydrogens is 326 g/mol. The van der Waals surface area contributed by atoms with Crippen LogP contribution in [0.2, 0.25) is 0 Å². The van der Waals surface area contributed by atoms with Gasteiger partial charge in [-0.25, -0.2) is 0 Å². The van der Waals surface area contributed by atoms with Crippen molar-refractivity contribution in [2.45, 2.75) is 33.2 Å². The predicted molar refractivity (Wildman–Crippen MR) is 104 cm³/mol. The van der Waals surface area contributed by atoms with Crippen molar-refractivity contribution in [3.05, 3.63) is 35.1 Å². The number of rotatable bonds is 3. The van der Waals surface area contributed by atoms with E-state index in [0.717, 1.165) is 63.2 Å². The Labute approximate surface area is 155 Å². The number of carbonyl (C=O) groups is 1. The molecule has 3 heterocycles. The van der Waals surface area contributed by atoms with Crippen LogP contribution in [0.15, 0.2) is 22.8 Å². The molecule has 0 bridgehead atoms. The molecule has 1 amide bonds. The number of amides is 1. The molecule has 2 aromatic rings. The number of nitrogens with zero attached hydrogens (tertiary/aromatic N) is 3. The molecule has 1 unspecified atom stereocenters. The zero-order valence-electron chi connectivity index (χ0n) is 16.1. The topological polar surface area (TPSA) is 39.9 Å². The molecule has 1 aromatic carbocycles. The van der Waals surface area contributed by atoms with Gasteiger partial charge in [0.2, 0.25) is 0 Å². The van der Waals surface area contributed by atoms with Crippen LogP contribution in [0.4, 0.5) is 0 Å².